The highest BCUT2D eigenvalue weighted by molar-refractivity contribution is 9.10. The maximum Gasteiger partial charge on any atom is 0.0489 e. The zero-order valence-electron chi connectivity index (χ0n) is 33.9. The smallest absolute Gasteiger partial charge is 0.0489 e. The van der Waals surface area contributed by atoms with Gasteiger partial charge < -0.3 is 0 Å². The van der Waals surface area contributed by atoms with Gasteiger partial charge in [0.15, 0.2) is 0 Å². The van der Waals surface area contributed by atoms with E-state index in [9.17, 15) is 0 Å². The zero-order chi connectivity index (χ0) is 40.7. The monoisotopic (exact) mass is 822 g/mol. The summed E-state index contributed by atoms with van der Waals surface area (Å²) in [6, 6.07) is 17.9. The van der Waals surface area contributed by atoms with E-state index in [1.165, 1.54) is 27.8 Å². The molecular weight excluding hydrogens is 763 g/mol. The summed E-state index contributed by atoms with van der Waals surface area (Å²) < 4.78 is 1.04. The second-order valence-electron chi connectivity index (χ2n) is 10.3. The number of aryl methyl sites for hydroxylation is 6. The number of alkyl halides is 2. The molecule has 9 heteroatoms. The zero-order valence-corrected chi connectivity index (χ0v) is 37.0. The average Bonchev–Trinajstić information content (AvgIpc) is 3.19. The number of rotatable bonds is 2. The van der Waals surface area contributed by atoms with E-state index >= 15 is 0 Å². The number of aromatic nitrogens is 6. The Balaban J connectivity index is -0.000000551. The lowest BCUT2D eigenvalue weighted by molar-refractivity contribution is 1.20. The Kier molecular flexibility index (Phi) is 39.4. The van der Waals surface area contributed by atoms with Crippen LogP contribution in [-0.2, 0) is 11.8 Å². The molecule has 0 bridgehead atoms. The molecule has 0 saturated heterocycles. The van der Waals surface area contributed by atoms with Crippen molar-refractivity contribution in [2.24, 2.45) is 0 Å². The first kappa shape index (κ1) is 53.3. The maximum absolute atomic E-state index is 5.56. The summed E-state index contributed by atoms with van der Waals surface area (Å²) in [6.45, 7) is 24.1. The van der Waals surface area contributed by atoms with Gasteiger partial charge in [0, 0.05) is 90.6 Å². The highest BCUT2D eigenvalue weighted by Gasteiger charge is 1.88. The van der Waals surface area contributed by atoms with Crippen molar-refractivity contribution in [3.05, 3.63) is 178 Å². The van der Waals surface area contributed by atoms with Gasteiger partial charge in [-0.1, -0.05) is 71.9 Å². The van der Waals surface area contributed by atoms with Gasteiger partial charge in [0.25, 0.3) is 0 Å². The van der Waals surface area contributed by atoms with Gasteiger partial charge >= 0.3 is 0 Å². The van der Waals surface area contributed by atoms with Gasteiger partial charge in [-0.15, -0.1) is 23.2 Å². The van der Waals surface area contributed by atoms with Crippen LogP contribution in [0.25, 0.3) is 0 Å². The number of pyridine rings is 6. The molecule has 6 heterocycles. The number of hydrogen-bond acceptors (Lipinski definition) is 6. The van der Waals surface area contributed by atoms with Crippen molar-refractivity contribution in [1.82, 2.24) is 29.9 Å². The van der Waals surface area contributed by atoms with Crippen molar-refractivity contribution < 1.29 is 0 Å². The van der Waals surface area contributed by atoms with Crippen LogP contribution in [0.5, 0.6) is 0 Å². The van der Waals surface area contributed by atoms with Gasteiger partial charge in [-0.2, -0.15) is 0 Å². The maximum atomic E-state index is 5.56. The summed E-state index contributed by atoms with van der Waals surface area (Å²) in [7, 11) is 0. The fraction of sp³-hybridized carbons (Fsp3) is 0.318. The highest BCUT2D eigenvalue weighted by atomic mass is 79.9. The Bertz CT molecular complexity index is 1510. The molecule has 0 unspecified atom stereocenters. The van der Waals surface area contributed by atoms with Crippen molar-refractivity contribution in [3.63, 3.8) is 0 Å². The lowest BCUT2D eigenvalue weighted by Gasteiger charge is -1.93. The van der Waals surface area contributed by atoms with E-state index in [0.29, 0.717) is 11.8 Å². The lowest BCUT2D eigenvalue weighted by Crippen LogP contribution is -1.81. The fourth-order valence-electron chi connectivity index (χ4n) is 3.29. The standard InChI is InChI=1S/C7H8ClN.C7H9N.C6H6BrN.C6H6ClN.2C6H7N.3C2H6/c1-6-2-7(3-8)5-9-4-6;1-6-3-7(2)5-8-4-6;1-5-2-6(7)4-8-3-5;7-4-6-2-1-3-8-5-6;2*1-6-3-2-4-7-5-6;3*1-2/h2,4-5H,3H2,1H3;3-5H,1-2H3;2-4H,1H3;1-3,5H,4H2;2*2-5H,1H3;3*1-2H3. The second-order valence-corrected chi connectivity index (χ2v) is 11.7. The third-order valence-electron chi connectivity index (χ3n) is 5.44. The van der Waals surface area contributed by atoms with Gasteiger partial charge in [-0.3, -0.25) is 29.9 Å². The largest absolute Gasteiger partial charge is 0.264 e. The summed E-state index contributed by atoms with van der Waals surface area (Å²) in [5, 5.41) is 0. The van der Waals surface area contributed by atoms with E-state index in [2.05, 4.69) is 51.9 Å². The quantitative estimate of drug-likeness (QED) is 0.162. The Morgan fingerprint density at radius 1 is 0.396 bits per heavy atom. The van der Waals surface area contributed by atoms with E-state index in [-0.39, 0.29) is 0 Å². The highest BCUT2D eigenvalue weighted by Crippen LogP contribution is 2.07. The molecule has 6 rings (SSSR count). The van der Waals surface area contributed by atoms with Crippen LogP contribution in [0.3, 0.4) is 0 Å². The van der Waals surface area contributed by atoms with Crippen LogP contribution in [0.15, 0.2) is 133 Å². The van der Waals surface area contributed by atoms with E-state index in [1.807, 2.05) is 169 Å². The first-order valence-electron chi connectivity index (χ1n) is 17.7. The molecule has 6 aromatic rings. The fourth-order valence-corrected chi connectivity index (χ4v) is 4.07. The van der Waals surface area contributed by atoms with Crippen LogP contribution in [0.2, 0.25) is 0 Å². The summed E-state index contributed by atoms with van der Waals surface area (Å²) in [4.78, 5) is 23.5. The van der Waals surface area contributed by atoms with Crippen LogP contribution in [-0.4, -0.2) is 29.9 Å². The van der Waals surface area contributed by atoms with Gasteiger partial charge in [0.2, 0.25) is 0 Å². The molecule has 0 spiro atoms. The molecule has 0 N–H and O–H groups in total. The van der Waals surface area contributed by atoms with Crippen LogP contribution in [0.4, 0.5) is 0 Å². The van der Waals surface area contributed by atoms with Crippen molar-refractivity contribution in [2.75, 3.05) is 0 Å². The van der Waals surface area contributed by atoms with Gasteiger partial charge in [-0.05, 0) is 126 Å². The third kappa shape index (κ3) is 34.8. The predicted molar refractivity (Wildman–Crippen MR) is 235 cm³/mol. The van der Waals surface area contributed by atoms with Gasteiger partial charge in [0.05, 0.1) is 0 Å². The summed E-state index contributed by atoms with van der Waals surface area (Å²) in [6.07, 6.45) is 21.6. The van der Waals surface area contributed by atoms with Gasteiger partial charge in [0.1, 0.15) is 0 Å². The molecule has 0 aliphatic carbocycles. The Morgan fingerprint density at radius 3 is 0.943 bits per heavy atom. The van der Waals surface area contributed by atoms with E-state index in [1.54, 1.807) is 37.2 Å². The minimum Gasteiger partial charge on any atom is -0.264 e. The normalized spacial score (nSPS) is 8.43. The van der Waals surface area contributed by atoms with Crippen LogP contribution in [0.1, 0.15) is 86.1 Å². The number of nitrogens with zero attached hydrogens (tertiary/aromatic N) is 6. The molecule has 0 aromatic carbocycles. The molecular formula is C44H61BrCl2N6. The van der Waals surface area contributed by atoms with Gasteiger partial charge in [-0.25, -0.2) is 0 Å². The summed E-state index contributed by atoms with van der Waals surface area (Å²) >= 11 is 14.3. The molecule has 0 aliphatic rings. The SMILES string of the molecule is CC.CC.CC.Cc1cccnc1.Cc1cccnc1.Cc1cncc(Br)c1.Cc1cncc(C)c1.Cc1cncc(CCl)c1.ClCc1cccnc1. The molecule has 0 amide bonds. The molecule has 6 aromatic heterocycles. The molecule has 0 radical (unpaired) electrons. The molecule has 288 valence electrons. The third-order valence-corrected chi connectivity index (χ3v) is 6.49. The number of halogens is 3. The molecule has 0 aliphatic heterocycles. The Labute approximate surface area is 340 Å². The first-order valence-corrected chi connectivity index (χ1v) is 19.6. The molecule has 0 fully saturated rings. The first-order chi connectivity index (χ1) is 25.6. The molecule has 6 nitrogen and oxygen atoms in total. The minimum absolute atomic E-state index is 0.549. The van der Waals surface area contributed by atoms with E-state index < -0.39 is 0 Å². The lowest BCUT2D eigenvalue weighted by atomic mass is 10.2. The number of hydrogen-bond donors (Lipinski definition) is 0. The Morgan fingerprint density at radius 2 is 0.736 bits per heavy atom. The summed E-state index contributed by atoms with van der Waals surface area (Å²) in [5.41, 5.74) is 9.36. The molecule has 0 atom stereocenters. The second kappa shape index (κ2) is 39.2. The van der Waals surface area contributed by atoms with Crippen LogP contribution in [0, 0.1) is 41.5 Å². The van der Waals surface area contributed by atoms with E-state index in [0.717, 1.165) is 21.2 Å². The van der Waals surface area contributed by atoms with Crippen LogP contribution >= 0.6 is 39.1 Å². The topological polar surface area (TPSA) is 77.3 Å². The Hall–Kier alpha value is -4.04. The summed E-state index contributed by atoms with van der Waals surface area (Å²) in [5.74, 6) is 1.10. The molecule has 53 heavy (non-hydrogen) atoms. The minimum atomic E-state index is 0.549. The van der Waals surface area contributed by atoms with E-state index in [4.69, 9.17) is 23.2 Å². The van der Waals surface area contributed by atoms with Crippen molar-refractivity contribution in [3.8, 4) is 0 Å². The van der Waals surface area contributed by atoms with Crippen molar-refractivity contribution >= 4 is 39.1 Å². The average molecular weight is 825 g/mol. The van der Waals surface area contributed by atoms with Crippen molar-refractivity contribution in [2.45, 2.75) is 94.8 Å². The van der Waals surface area contributed by atoms with Crippen molar-refractivity contribution in [1.29, 1.82) is 0 Å². The van der Waals surface area contributed by atoms with Crippen LogP contribution < -0.4 is 0 Å². The molecule has 0 saturated carbocycles. The predicted octanol–water partition coefficient (Wildman–Crippen LogP) is 13.7.